The van der Waals surface area contributed by atoms with E-state index in [0.717, 1.165) is 48.9 Å². The highest BCUT2D eigenvalue weighted by Gasteiger charge is 2.20. The molecule has 1 saturated heterocycles. The van der Waals surface area contributed by atoms with Crippen molar-refractivity contribution in [2.24, 2.45) is 0 Å². The van der Waals surface area contributed by atoms with Gasteiger partial charge in [0.15, 0.2) is 5.11 Å². The summed E-state index contributed by atoms with van der Waals surface area (Å²) in [7, 11) is 1.66. The minimum absolute atomic E-state index is 0.685. The van der Waals surface area contributed by atoms with Crippen LogP contribution in [0.15, 0.2) is 42.5 Å². The van der Waals surface area contributed by atoms with E-state index >= 15 is 0 Å². The van der Waals surface area contributed by atoms with E-state index in [1.807, 2.05) is 49.4 Å². The molecule has 0 radical (unpaired) electrons. The maximum Gasteiger partial charge on any atom is 0.173 e. The first-order valence-electron chi connectivity index (χ1n) is 8.56. The van der Waals surface area contributed by atoms with E-state index in [4.69, 9.17) is 22.2 Å². The van der Waals surface area contributed by atoms with Crippen LogP contribution in [-0.4, -0.2) is 43.3 Å². The van der Waals surface area contributed by atoms with Crippen LogP contribution >= 0.6 is 12.2 Å². The van der Waals surface area contributed by atoms with Crippen LogP contribution in [0.5, 0.6) is 5.75 Å². The SMILES string of the molecule is COc1ccc(C)cc1NC(=S)N1CCN(c2ccc(C#N)cc2)CC1. The number of methoxy groups -OCH3 is 1. The molecule has 0 bridgehead atoms. The van der Waals surface area contributed by atoms with Gasteiger partial charge in [-0.05, 0) is 61.1 Å². The molecule has 0 aliphatic carbocycles. The van der Waals surface area contributed by atoms with E-state index in [-0.39, 0.29) is 0 Å². The Morgan fingerprint density at radius 2 is 1.81 bits per heavy atom. The highest BCUT2D eigenvalue weighted by atomic mass is 32.1. The van der Waals surface area contributed by atoms with Crippen molar-refractivity contribution in [2.75, 3.05) is 43.5 Å². The summed E-state index contributed by atoms with van der Waals surface area (Å²) in [5.41, 5.74) is 3.88. The van der Waals surface area contributed by atoms with Crippen LogP contribution in [0.1, 0.15) is 11.1 Å². The first kappa shape index (κ1) is 18.0. The Hall–Kier alpha value is -2.78. The molecule has 26 heavy (non-hydrogen) atoms. The lowest BCUT2D eigenvalue weighted by Gasteiger charge is -2.37. The molecule has 1 aliphatic rings. The van der Waals surface area contributed by atoms with Crippen LogP contribution in [-0.2, 0) is 0 Å². The minimum atomic E-state index is 0.685. The number of piperazine rings is 1. The molecule has 1 N–H and O–H groups in total. The number of hydrogen-bond donors (Lipinski definition) is 1. The Morgan fingerprint density at radius 3 is 2.42 bits per heavy atom. The predicted octanol–water partition coefficient (Wildman–Crippen LogP) is 3.39. The van der Waals surface area contributed by atoms with Gasteiger partial charge >= 0.3 is 0 Å². The third kappa shape index (κ3) is 4.06. The second-order valence-corrected chi connectivity index (χ2v) is 6.65. The molecular weight excluding hydrogens is 344 g/mol. The fourth-order valence-electron chi connectivity index (χ4n) is 3.03. The average Bonchev–Trinajstić information content (AvgIpc) is 2.68. The van der Waals surface area contributed by atoms with Crippen molar-refractivity contribution in [1.29, 1.82) is 5.26 Å². The second kappa shape index (κ2) is 8.07. The molecule has 1 heterocycles. The Bertz CT molecular complexity index is 821. The number of ether oxygens (including phenoxy) is 1. The fourth-order valence-corrected chi connectivity index (χ4v) is 3.32. The third-order valence-electron chi connectivity index (χ3n) is 4.53. The van der Waals surface area contributed by atoms with E-state index in [1.54, 1.807) is 7.11 Å². The van der Waals surface area contributed by atoms with E-state index in [2.05, 4.69) is 21.2 Å². The van der Waals surface area contributed by atoms with Gasteiger partial charge in [0.05, 0.1) is 24.4 Å². The van der Waals surface area contributed by atoms with Crippen LogP contribution in [0, 0.1) is 18.3 Å². The molecule has 0 spiro atoms. The van der Waals surface area contributed by atoms with Gasteiger partial charge in [-0.15, -0.1) is 0 Å². The Labute approximate surface area is 159 Å². The van der Waals surface area contributed by atoms with Gasteiger partial charge in [-0.1, -0.05) is 6.07 Å². The largest absolute Gasteiger partial charge is 0.495 e. The zero-order valence-electron chi connectivity index (χ0n) is 15.0. The summed E-state index contributed by atoms with van der Waals surface area (Å²) in [4.78, 5) is 4.49. The van der Waals surface area contributed by atoms with Crippen molar-refractivity contribution in [1.82, 2.24) is 4.90 Å². The van der Waals surface area contributed by atoms with Gasteiger partial charge in [0, 0.05) is 31.9 Å². The quantitative estimate of drug-likeness (QED) is 0.841. The highest BCUT2D eigenvalue weighted by molar-refractivity contribution is 7.80. The summed E-state index contributed by atoms with van der Waals surface area (Å²) < 4.78 is 5.41. The van der Waals surface area contributed by atoms with Crippen LogP contribution in [0.4, 0.5) is 11.4 Å². The van der Waals surface area contributed by atoms with Crippen LogP contribution < -0.4 is 15.0 Å². The average molecular weight is 366 g/mol. The summed E-state index contributed by atoms with van der Waals surface area (Å²) in [6.45, 7) is 5.52. The summed E-state index contributed by atoms with van der Waals surface area (Å²) in [5.74, 6) is 0.786. The highest BCUT2D eigenvalue weighted by Crippen LogP contribution is 2.26. The molecule has 0 unspecified atom stereocenters. The summed E-state index contributed by atoms with van der Waals surface area (Å²) in [5, 5.41) is 12.9. The monoisotopic (exact) mass is 366 g/mol. The number of hydrogen-bond acceptors (Lipinski definition) is 4. The molecule has 3 rings (SSSR count). The van der Waals surface area contributed by atoms with Gasteiger partial charge in [0.25, 0.3) is 0 Å². The molecule has 2 aromatic rings. The number of thiocarbonyl (C=S) groups is 1. The smallest absolute Gasteiger partial charge is 0.173 e. The summed E-state index contributed by atoms with van der Waals surface area (Å²) >= 11 is 5.60. The number of nitrogens with one attached hydrogen (secondary N) is 1. The van der Waals surface area contributed by atoms with Crippen LogP contribution in [0.3, 0.4) is 0 Å². The molecular formula is C20H22N4OS. The van der Waals surface area contributed by atoms with E-state index in [9.17, 15) is 0 Å². The van der Waals surface area contributed by atoms with Gasteiger partial charge in [-0.3, -0.25) is 0 Å². The lowest BCUT2D eigenvalue weighted by molar-refractivity contribution is 0.390. The van der Waals surface area contributed by atoms with Crippen molar-refractivity contribution in [3.8, 4) is 11.8 Å². The maximum atomic E-state index is 8.91. The second-order valence-electron chi connectivity index (χ2n) is 6.27. The first-order chi connectivity index (χ1) is 12.6. The molecule has 5 nitrogen and oxygen atoms in total. The summed E-state index contributed by atoms with van der Waals surface area (Å²) in [6, 6.07) is 15.9. The van der Waals surface area contributed by atoms with Crippen molar-refractivity contribution in [3.05, 3.63) is 53.6 Å². The van der Waals surface area contributed by atoms with Crippen molar-refractivity contribution >= 4 is 28.7 Å². The normalized spacial score (nSPS) is 13.9. The lowest BCUT2D eigenvalue weighted by Crippen LogP contribution is -2.50. The Morgan fingerprint density at radius 1 is 1.12 bits per heavy atom. The first-order valence-corrected chi connectivity index (χ1v) is 8.97. The molecule has 1 fully saturated rings. The molecule has 0 amide bonds. The molecule has 134 valence electrons. The number of benzene rings is 2. The molecule has 6 heteroatoms. The van der Waals surface area contributed by atoms with E-state index in [1.165, 1.54) is 0 Å². The number of rotatable bonds is 3. The third-order valence-corrected chi connectivity index (χ3v) is 4.89. The van der Waals surface area contributed by atoms with Crippen molar-refractivity contribution in [2.45, 2.75) is 6.92 Å². The lowest BCUT2D eigenvalue weighted by atomic mass is 10.2. The minimum Gasteiger partial charge on any atom is -0.495 e. The van der Waals surface area contributed by atoms with Gasteiger partial charge in [-0.25, -0.2) is 0 Å². The number of anilines is 2. The van der Waals surface area contributed by atoms with Gasteiger partial charge in [0.1, 0.15) is 5.75 Å². The van der Waals surface area contributed by atoms with Gasteiger partial charge < -0.3 is 19.9 Å². The zero-order valence-corrected chi connectivity index (χ0v) is 15.8. The van der Waals surface area contributed by atoms with Crippen LogP contribution in [0.25, 0.3) is 0 Å². The maximum absolute atomic E-state index is 8.91. The standard InChI is InChI=1S/C20H22N4OS/c1-15-3-8-19(25-2)18(13-15)22-20(26)24-11-9-23(10-12-24)17-6-4-16(14-21)5-7-17/h3-8,13H,9-12H2,1-2H3,(H,22,26). The Kier molecular flexibility index (Phi) is 5.59. The molecule has 1 aliphatic heterocycles. The zero-order chi connectivity index (χ0) is 18.5. The Balaban J connectivity index is 1.60. The van der Waals surface area contributed by atoms with E-state index < -0.39 is 0 Å². The van der Waals surface area contributed by atoms with Gasteiger partial charge in [-0.2, -0.15) is 5.26 Å². The van der Waals surface area contributed by atoms with Gasteiger partial charge in [0.2, 0.25) is 0 Å². The predicted molar refractivity (Wildman–Crippen MR) is 109 cm³/mol. The molecule has 0 saturated carbocycles. The van der Waals surface area contributed by atoms with E-state index in [0.29, 0.717) is 10.7 Å². The fraction of sp³-hybridized carbons (Fsp3) is 0.300. The van der Waals surface area contributed by atoms with Crippen molar-refractivity contribution in [3.63, 3.8) is 0 Å². The number of aryl methyl sites for hydroxylation is 1. The van der Waals surface area contributed by atoms with Crippen molar-refractivity contribution < 1.29 is 4.74 Å². The molecule has 2 aromatic carbocycles. The molecule has 0 atom stereocenters. The summed E-state index contributed by atoms with van der Waals surface area (Å²) in [6.07, 6.45) is 0. The number of nitrogens with zero attached hydrogens (tertiary/aromatic N) is 3. The van der Waals surface area contributed by atoms with Crippen LogP contribution in [0.2, 0.25) is 0 Å². The molecule has 0 aromatic heterocycles. The number of nitriles is 1. The topological polar surface area (TPSA) is 51.5 Å².